The Labute approximate surface area is 114 Å². The minimum absolute atomic E-state index is 0.355. The van der Waals surface area contributed by atoms with Crippen molar-refractivity contribution < 1.29 is 14.4 Å². The fraction of sp³-hybridized carbons (Fsp3) is 0.231. The van der Waals surface area contributed by atoms with Crippen LogP contribution in [0.1, 0.15) is 33.6 Å². The number of thiocarbonyl (C=S) groups is 1. The minimum Gasteiger partial charge on any atom is -0.319 e. The molecule has 0 spiro atoms. The summed E-state index contributed by atoms with van der Waals surface area (Å²) in [5, 5.41) is 2.52. The predicted octanol–water partition coefficient (Wildman–Crippen LogP) is 0.889. The van der Waals surface area contributed by atoms with Gasteiger partial charge in [0.1, 0.15) is 6.04 Å². The van der Waals surface area contributed by atoms with Gasteiger partial charge in [-0.15, -0.1) is 0 Å². The van der Waals surface area contributed by atoms with Crippen molar-refractivity contribution in [3.05, 3.63) is 35.4 Å². The first-order valence-electron chi connectivity index (χ1n) is 5.90. The van der Waals surface area contributed by atoms with Crippen LogP contribution < -0.4 is 5.32 Å². The summed E-state index contributed by atoms with van der Waals surface area (Å²) < 4.78 is 0. The maximum Gasteiger partial charge on any atom is 0.262 e. The van der Waals surface area contributed by atoms with Gasteiger partial charge < -0.3 is 5.32 Å². The van der Waals surface area contributed by atoms with Crippen LogP contribution in [0.4, 0.5) is 0 Å². The average molecular weight is 274 g/mol. The highest BCUT2D eigenvalue weighted by Gasteiger charge is 2.43. The standard InChI is InChI=1S/C13H10N2O3S/c16-11-9(5-6-10(19)14-11)15-12(17)7-3-1-2-4-8(7)13(15)18/h1-4,9H,5-6H2,(H,14,16,19)/t9-/m0/s1. The third kappa shape index (κ3) is 1.76. The smallest absolute Gasteiger partial charge is 0.262 e. The number of piperidine rings is 1. The number of benzene rings is 1. The quantitative estimate of drug-likeness (QED) is 0.610. The third-order valence-electron chi connectivity index (χ3n) is 3.35. The summed E-state index contributed by atoms with van der Waals surface area (Å²) in [4.78, 5) is 37.8. The van der Waals surface area contributed by atoms with Gasteiger partial charge in [0.05, 0.1) is 16.1 Å². The molecule has 6 heteroatoms. The molecule has 0 saturated carbocycles. The summed E-state index contributed by atoms with van der Waals surface area (Å²) in [6.45, 7) is 0. The van der Waals surface area contributed by atoms with E-state index in [1.165, 1.54) is 0 Å². The molecule has 2 aliphatic heterocycles. The number of nitrogens with one attached hydrogen (secondary N) is 1. The minimum atomic E-state index is -0.765. The molecule has 2 heterocycles. The van der Waals surface area contributed by atoms with E-state index < -0.39 is 17.9 Å². The second-order valence-corrected chi connectivity index (χ2v) is 4.99. The Balaban J connectivity index is 1.96. The van der Waals surface area contributed by atoms with Gasteiger partial charge in [0.15, 0.2) is 0 Å². The lowest BCUT2D eigenvalue weighted by Gasteiger charge is -2.28. The largest absolute Gasteiger partial charge is 0.319 e. The van der Waals surface area contributed by atoms with Crippen LogP contribution in [0.25, 0.3) is 0 Å². The molecule has 0 aliphatic carbocycles. The molecule has 1 aromatic carbocycles. The Morgan fingerprint density at radius 2 is 1.68 bits per heavy atom. The molecular formula is C13H10N2O3S. The van der Waals surface area contributed by atoms with E-state index in [4.69, 9.17) is 12.2 Å². The summed E-state index contributed by atoms with van der Waals surface area (Å²) in [7, 11) is 0. The lowest BCUT2D eigenvalue weighted by molar-refractivity contribution is -0.124. The van der Waals surface area contributed by atoms with Gasteiger partial charge in [0, 0.05) is 6.42 Å². The van der Waals surface area contributed by atoms with Crippen molar-refractivity contribution in [1.29, 1.82) is 0 Å². The molecule has 96 valence electrons. The molecule has 3 rings (SSSR count). The van der Waals surface area contributed by atoms with Crippen LogP contribution in [-0.2, 0) is 4.79 Å². The van der Waals surface area contributed by atoms with Gasteiger partial charge in [-0.1, -0.05) is 24.4 Å². The lowest BCUT2D eigenvalue weighted by atomic mass is 10.1. The molecule has 1 atom stereocenters. The van der Waals surface area contributed by atoms with Gasteiger partial charge in [-0.3, -0.25) is 19.3 Å². The van der Waals surface area contributed by atoms with E-state index in [1.807, 2.05) is 0 Å². The Hall–Kier alpha value is -2.08. The SMILES string of the molecule is O=C1NC(=S)CC[C@@H]1N1C(=O)c2ccccc2C1=O. The highest BCUT2D eigenvalue weighted by molar-refractivity contribution is 7.80. The van der Waals surface area contributed by atoms with E-state index in [1.54, 1.807) is 24.3 Å². The van der Waals surface area contributed by atoms with Crippen molar-refractivity contribution >= 4 is 34.9 Å². The topological polar surface area (TPSA) is 66.5 Å². The summed E-state index contributed by atoms with van der Waals surface area (Å²) in [5.41, 5.74) is 0.710. The van der Waals surface area contributed by atoms with Crippen LogP contribution in [0.5, 0.6) is 0 Å². The Kier molecular flexibility index (Phi) is 2.67. The first-order chi connectivity index (χ1) is 9.09. The zero-order valence-corrected chi connectivity index (χ0v) is 10.7. The van der Waals surface area contributed by atoms with Crippen LogP contribution in [0.2, 0.25) is 0 Å². The number of nitrogens with zero attached hydrogens (tertiary/aromatic N) is 1. The predicted molar refractivity (Wildman–Crippen MR) is 70.7 cm³/mol. The highest BCUT2D eigenvalue weighted by atomic mass is 32.1. The van der Waals surface area contributed by atoms with Crippen LogP contribution >= 0.6 is 12.2 Å². The number of amides is 3. The van der Waals surface area contributed by atoms with Crippen molar-refractivity contribution in [3.8, 4) is 0 Å². The van der Waals surface area contributed by atoms with Gasteiger partial charge >= 0.3 is 0 Å². The molecule has 0 unspecified atom stereocenters. The molecule has 1 fully saturated rings. The fourth-order valence-electron chi connectivity index (χ4n) is 2.42. The number of hydrogen-bond donors (Lipinski definition) is 1. The van der Waals surface area contributed by atoms with E-state index in [2.05, 4.69) is 5.32 Å². The zero-order chi connectivity index (χ0) is 13.6. The van der Waals surface area contributed by atoms with Crippen molar-refractivity contribution in [2.45, 2.75) is 18.9 Å². The fourth-order valence-corrected chi connectivity index (χ4v) is 2.64. The van der Waals surface area contributed by atoms with E-state index in [-0.39, 0.29) is 5.91 Å². The molecule has 3 amide bonds. The molecule has 0 bridgehead atoms. The van der Waals surface area contributed by atoms with Crippen LogP contribution in [0.15, 0.2) is 24.3 Å². The summed E-state index contributed by atoms with van der Waals surface area (Å²) in [5.74, 6) is -1.20. The molecule has 1 N–H and O–H groups in total. The van der Waals surface area contributed by atoms with E-state index in [9.17, 15) is 14.4 Å². The molecular weight excluding hydrogens is 264 g/mol. The van der Waals surface area contributed by atoms with Crippen LogP contribution in [0.3, 0.4) is 0 Å². The Morgan fingerprint density at radius 3 is 2.21 bits per heavy atom. The summed E-state index contributed by atoms with van der Waals surface area (Å²) >= 11 is 4.92. The van der Waals surface area contributed by atoms with Gasteiger partial charge in [-0.05, 0) is 18.6 Å². The average Bonchev–Trinajstić information content (AvgIpc) is 2.64. The summed E-state index contributed by atoms with van der Waals surface area (Å²) in [6.07, 6.45) is 0.884. The molecule has 5 nitrogen and oxygen atoms in total. The van der Waals surface area contributed by atoms with Gasteiger partial charge in [-0.2, -0.15) is 0 Å². The molecule has 0 aromatic heterocycles. The highest BCUT2D eigenvalue weighted by Crippen LogP contribution is 2.27. The van der Waals surface area contributed by atoms with Gasteiger partial charge in [-0.25, -0.2) is 0 Å². The van der Waals surface area contributed by atoms with E-state index >= 15 is 0 Å². The van der Waals surface area contributed by atoms with Gasteiger partial charge in [0.25, 0.3) is 11.8 Å². The molecule has 1 aromatic rings. The lowest BCUT2D eigenvalue weighted by Crippen LogP contribution is -2.53. The van der Waals surface area contributed by atoms with Crippen molar-refractivity contribution in [1.82, 2.24) is 10.2 Å². The normalized spacial score (nSPS) is 22.5. The Bertz CT molecular complexity index is 591. The number of imide groups is 1. The molecule has 19 heavy (non-hydrogen) atoms. The zero-order valence-electron chi connectivity index (χ0n) is 9.88. The van der Waals surface area contributed by atoms with Crippen LogP contribution in [0, 0.1) is 0 Å². The number of carbonyl (C=O) groups excluding carboxylic acids is 3. The number of carbonyl (C=O) groups is 3. The number of rotatable bonds is 1. The second kappa shape index (κ2) is 4.24. The number of hydrogen-bond acceptors (Lipinski definition) is 4. The number of fused-ring (bicyclic) bond motifs is 1. The summed E-state index contributed by atoms with van der Waals surface area (Å²) in [6, 6.07) is 5.83. The first-order valence-corrected chi connectivity index (χ1v) is 6.31. The first kappa shape index (κ1) is 12.0. The maximum atomic E-state index is 12.2. The van der Waals surface area contributed by atoms with Crippen molar-refractivity contribution in [2.75, 3.05) is 0 Å². The molecule has 1 saturated heterocycles. The van der Waals surface area contributed by atoms with Gasteiger partial charge in [0.2, 0.25) is 5.91 Å². The molecule has 2 aliphatic rings. The maximum absolute atomic E-state index is 12.2. The van der Waals surface area contributed by atoms with Crippen molar-refractivity contribution in [2.24, 2.45) is 0 Å². The van der Waals surface area contributed by atoms with Crippen molar-refractivity contribution in [3.63, 3.8) is 0 Å². The monoisotopic (exact) mass is 274 g/mol. The van der Waals surface area contributed by atoms with Crippen LogP contribution in [-0.4, -0.2) is 33.7 Å². The van der Waals surface area contributed by atoms with E-state index in [0.29, 0.717) is 29.0 Å². The second-order valence-electron chi connectivity index (χ2n) is 4.49. The van der Waals surface area contributed by atoms with E-state index in [0.717, 1.165) is 4.90 Å². The Morgan fingerprint density at radius 1 is 1.11 bits per heavy atom. The molecule has 0 radical (unpaired) electrons. The third-order valence-corrected chi connectivity index (χ3v) is 3.65.